The summed E-state index contributed by atoms with van der Waals surface area (Å²) in [5.41, 5.74) is 1.68. The molecule has 3 rings (SSSR count). The van der Waals surface area contributed by atoms with E-state index >= 15 is 0 Å². The van der Waals surface area contributed by atoms with Gasteiger partial charge >= 0.3 is 0 Å². The number of anilines is 1. The van der Waals surface area contributed by atoms with E-state index in [0.29, 0.717) is 21.3 Å². The van der Waals surface area contributed by atoms with Gasteiger partial charge in [-0.15, -0.1) is 0 Å². The number of hydrogen-bond acceptors (Lipinski definition) is 3. The van der Waals surface area contributed by atoms with Crippen molar-refractivity contribution in [2.45, 2.75) is 11.4 Å². The molecule has 0 bridgehead atoms. The standard InChI is InChI=1S/C21H18Cl2N2O3S/c1-25(29(27,28)20-5-3-2-4-6-20)14-15-7-9-16(10-8-15)21(26)24-19-12-17(22)11-18(23)13-19/h2-13H,14H2,1H3,(H,24,26). The normalized spacial score (nSPS) is 11.4. The van der Waals surface area contributed by atoms with Crippen molar-refractivity contribution in [3.05, 3.63) is 94.0 Å². The summed E-state index contributed by atoms with van der Waals surface area (Å²) in [7, 11) is -2.06. The molecule has 1 amide bonds. The summed E-state index contributed by atoms with van der Waals surface area (Å²) in [6, 6.07) is 19.7. The second-order valence-electron chi connectivity index (χ2n) is 6.38. The minimum Gasteiger partial charge on any atom is -0.322 e. The molecule has 0 aliphatic carbocycles. The summed E-state index contributed by atoms with van der Waals surface area (Å²) in [6.45, 7) is 0.184. The molecule has 5 nitrogen and oxygen atoms in total. The van der Waals surface area contributed by atoms with Crippen LogP contribution in [0.4, 0.5) is 5.69 Å². The second-order valence-corrected chi connectivity index (χ2v) is 9.30. The van der Waals surface area contributed by atoms with Crippen LogP contribution in [0.1, 0.15) is 15.9 Å². The Morgan fingerprint density at radius 1 is 0.931 bits per heavy atom. The minimum atomic E-state index is -3.58. The zero-order chi connectivity index (χ0) is 21.0. The Bertz CT molecular complexity index is 1100. The lowest BCUT2D eigenvalue weighted by molar-refractivity contribution is 0.102. The van der Waals surface area contributed by atoms with E-state index in [4.69, 9.17) is 23.2 Å². The van der Waals surface area contributed by atoms with Crippen molar-refractivity contribution >= 4 is 44.8 Å². The number of nitrogens with zero attached hydrogens (tertiary/aromatic N) is 1. The molecule has 0 spiro atoms. The van der Waals surface area contributed by atoms with E-state index in [9.17, 15) is 13.2 Å². The summed E-state index contributed by atoms with van der Waals surface area (Å²) in [4.78, 5) is 12.6. The number of benzene rings is 3. The van der Waals surface area contributed by atoms with Gasteiger partial charge in [-0.3, -0.25) is 4.79 Å². The SMILES string of the molecule is CN(Cc1ccc(C(=O)Nc2cc(Cl)cc(Cl)c2)cc1)S(=O)(=O)c1ccccc1. The fraction of sp³-hybridized carbons (Fsp3) is 0.0952. The number of hydrogen-bond donors (Lipinski definition) is 1. The van der Waals surface area contributed by atoms with Gasteiger partial charge in [0.2, 0.25) is 10.0 Å². The number of nitrogens with one attached hydrogen (secondary N) is 1. The largest absolute Gasteiger partial charge is 0.322 e. The van der Waals surface area contributed by atoms with Crippen molar-refractivity contribution in [1.29, 1.82) is 0 Å². The third kappa shape index (κ3) is 5.36. The van der Waals surface area contributed by atoms with Crippen molar-refractivity contribution in [3.8, 4) is 0 Å². The molecule has 3 aromatic rings. The molecule has 0 aromatic heterocycles. The average Bonchev–Trinajstić information content (AvgIpc) is 2.68. The Morgan fingerprint density at radius 3 is 2.10 bits per heavy atom. The van der Waals surface area contributed by atoms with E-state index in [-0.39, 0.29) is 17.3 Å². The lowest BCUT2D eigenvalue weighted by Crippen LogP contribution is -2.26. The van der Waals surface area contributed by atoms with Gasteiger partial charge in [0.15, 0.2) is 0 Å². The maximum absolute atomic E-state index is 12.6. The number of amides is 1. The highest BCUT2D eigenvalue weighted by Gasteiger charge is 2.20. The molecule has 0 atom stereocenters. The molecular weight excluding hydrogens is 431 g/mol. The predicted octanol–water partition coefficient (Wildman–Crippen LogP) is 5.07. The van der Waals surface area contributed by atoms with Crippen molar-refractivity contribution in [2.24, 2.45) is 0 Å². The summed E-state index contributed by atoms with van der Waals surface area (Å²) in [5, 5.41) is 3.58. The molecule has 0 radical (unpaired) electrons. The molecular formula is C21H18Cl2N2O3S. The third-order valence-corrected chi connectivity index (χ3v) is 6.45. The van der Waals surface area contributed by atoms with Crippen molar-refractivity contribution in [1.82, 2.24) is 4.31 Å². The zero-order valence-electron chi connectivity index (χ0n) is 15.5. The number of halogens is 2. The van der Waals surface area contributed by atoms with Crippen molar-refractivity contribution in [2.75, 3.05) is 12.4 Å². The first-order chi connectivity index (χ1) is 13.8. The van der Waals surface area contributed by atoms with Crippen LogP contribution in [-0.2, 0) is 16.6 Å². The van der Waals surface area contributed by atoms with Crippen LogP contribution in [0.5, 0.6) is 0 Å². The van der Waals surface area contributed by atoms with Crippen LogP contribution in [0.25, 0.3) is 0 Å². The molecule has 0 fully saturated rings. The Labute approximate surface area is 179 Å². The first kappa shape index (κ1) is 21.3. The van der Waals surface area contributed by atoms with Gasteiger partial charge in [-0.05, 0) is 48.0 Å². The van der Waals surface area contributed by atoms with Crippen LogP contribution in [-0.4, -0.2) is 25.7 Å². The fourth-order valence-corrected chi connectivity index (χ4v) is 4.41. The molecule has 0 heterocycles. The number of carbonyl (C=O) groups excluding carboxylic acids is 1. The van der Waals surface area contributed by atoms with Crippen LogP contribution >= 0.6 is 23.2 Å². The van der Waals surface area contributed by atoms with Crippen molar-refractivity contribution in [3.63, 3.8) is 0 Å². The lowest BCUT2D eigenvalue weighted by Gasteiger charge is -2.17. The molecule has 0 aliphatic heterocycles. The van der Waals surface area contributed by atoms with E-state index < -0.39 is 10.0 Å². The Kier molecular flexibility index (Phi) is 6.59. The van der Waals surface area contributed by atoms with Gasteiger partial charge in [0.1, 0.15) is 0 Å². The molecule has 150 valence electrons. The molecule has 0 unspecified atom stereocenters. The zero-order valence-corrected chi connectivity index (χ0v) is 17.8. The smallest absolute Gasteiger partial charge is 0.255 e. The van der Waals surface area contributed by atoms with E-state index in [0.717, 1.165) is 5.56 Å². The number of sulfonamides is 1. The number of rotatable bonds is 6. The van der Waals surface area contributed by atoms with Crippen LogP contribution in [0.3, 0.4) is 0 Å². The quantitative estimate of drug-likeness (QED) is 0.572. The van der Waals surface area contributed by atoms with Crippen LogP contribution in [0.2, 0.25) is 10.0 Å². The van der Waals surface area contributed by atoms with Gasteiger partial charge in [0.05, 0.1) is 4.90 Å². The molecule has 3 aromatic carbocycles. The Balaban J connectivity index is 1.69. The van der Waals surface area contributed by atoms with Crippen LogP contribution < -0.4 is 5.32 Å². The van der Waals surface area contributed by atoms with E-state index in [2.05, 4.69) is 5.32 Å². The van der Waals surface area contributed by atoms with Crippen molar-refractivity contribution < 1.29 is 13.2 Å². The van der Waals surface area contributed by atoms with Gasteiger partial charge in [-0.25, -0.2) is 8.42 Å². The average molecular weight is 449 g/mol. The topological polar surface area (TPSA) is 66.5 Å². The van der Waals surface area contributed by atoms with Gasteiger partial charge in [-0.2, -0.15) is 4.31 Å². The highest BCUT2D eigenvalue weighted by Crippen LogP contribution is 2.23. The minimum absolute atomic E-state index is 0.184. The van der Waals surface area contributed by atoms with Gasteiger partial charge in [0, 0.05) is 34.9 Å². The van der Waals surface area contributed by atoms with Crippen LogP contribution in [0, 0.1) is 0 Å². The van der Waals surface area contributed by atoms with E-state index in [1.165, 1.54) is 11.4 Å². The van der Waals surface area contributed by atoms with Gasteiger partial charge in [-0.1, -0.05) is 53.5 Å². The first-order valence-electron chi connectivity index (χ1n) is 8.63. The Hall–Kier alpha value is -2.38. The summed E-state index contributed by atoms with van der Waals surface area (Å²) >= 11 is 11.9. The van der Waals surface area contributed by atoms with Crippen LogP contribution in [0.15, 0.2) is 77.7 Å². The molecule has 29 heavy (non-hydrogen) atoms. The maximum atomic E-state index is 12.6. The number of carbonyl (C=O) groups is 1. The second kappa shape index (κ2) is 8.97. The molecule has 8 heteroatoms. The first-order valence-corrected chi connectivity index (χ1v) is 10.8. The fourth-order valence-electron chi connectivity index (χ4n) is 2.71. The highest BCUT2D eigenvalue weighted by molar-refractivity contribution is 7.89. The Morgan fingerprint density at radius 2 is 1.52 bits per heavy atom. The van der Waals surface area contributed by atoms with Gasteiger partial charge in [0.25, 0.3) is 5.91 Å². The molecule has 0 saturated heterocycles. The summed E-state index contributed by atoms with van der Waals surface area (Å²) in [5.74, 6) is -0.319. The molecule has 1 N–H and O–H groups in total. The van der Waals surface area contributed by atoms with Gasteiger partial charge < -0.3 is 5.32 Å². The summed E-state index contributed by atoms with van der Waals surface area (Å²) in [6.07, 6.45) is 0. The monoisotopic (exact) mass is 448 g/mol. The lowest BCUT2D eigenvalue weighted by atomic mass is 10.1. The molecule has 0 aliphatic rings. The summed E-state index contributed by atoms with van der Waals surface area (Å²) < 4.78 is 26.5. The molecule has 0 saturated carbocycles. The predicted molar refractivity (Wildman–Crippen MR) is 116 cm³/mol. The third-order valence-electron chi connectivity index (χ3n) is 4.19. The van der Waals surface area contributed by atoms with E-state index in [1.54, 1.807) is 72.8 Å². The van der Waals surface area contributed by atoms with E-state index in [1.807, 2.05) is 0 Å². The highest BCUT2D eigenvalue weighted by atomic mass is 35.5. The maximum Gasteiger partial charge on any atom is 0.255 e.